The molecular weight excluding hydrogens is 186 g/mol. The summed E-state index contributed by atoms with van der Waals surface area (Å²) in [5.41, 5.74) is 7.15. The zero-order valence-electron chi connectivity index (χ0n) is 10.5. The predicted molar refractivity (Wildman–Crippen MR) is 65.0 cm³/mol. The molecule has 3 nitrogen and oxygen atoms in total. The Balaban J connectivity index is 3.04. The summed E-state index contributed by atoms with van der Waals surface area (Å²) in [6, 6.07) is 0. The SMILES string of the molecule is CCCC(C)c1nc(C(C)C)n(C)c1N. The summed E-state index contributed by atoms with van der Waals surface area (Å²) >= 11 is 0. The van der Waals surface area contributed by atoms with Crippen LogP contribution in [0.4, 0.5) is 5.82 Å². The molecule has 1 unspecified atom stereocenters. The van der Waals surface area contributed by atoms with E-state index in [0.29, 0.717) is 11.8 Å². The number of nitrogens with zero attached hydrogens (tertiary/aromatic N) is 2. The van der Waals surface area contributed by atoms with Gasteiger partial charge in [0, 0.05) is 18.9 Å². The highest BCUT2D eigenvalue weighted by atomic mass is 15.1. The van der Waals surface area contributed by atoms with E-state index in [1.54, 1.807) is 0 Å². The van der Waals surface area contributed by atoms with Crippen molar-refractivity contribution in [3.63, 3.8) is 0 Å². The Kier molecular flexibility index (Phi) is 3.77. The third kappa shape index (κ3) is 2.33. The largest absolute Gasteiger partial charge is 0.384 e. The first-order chi connectivity index (χ1) is 6.99. The van der Waals surface area contributed by atoms with Gasteiger partial charge in [0.25, 0.3) is 0 Å². The van der Waals surface area contributed by atoms with Crippen molar-refractivity contribution in [1.82, 2.24) is 9.55 Å². The van der Waals surface area contributed by atoms with Crippen molar-refractivity contribution in [3.8, 4) is 0 Å². The number of imidazole rings is 1. The van der Waals surface area contributed by atoms with Crippen molar-refractivity contribution in [1.29, 1.82) is 0 Å². The number of nitrogens with two attached hydrogens (primary N) is 1. The molecule has 0 amide bonds. The van der Waals surface area contributed by atoms with Gasteiger partial charge in [0.1, 0.15) is 11.6 Å². The fraction of sp³-hybridized carbons (Fsp3) is 0.750. The number of anilines is 1. The molecule has 15 heavy (non-hydrogen) atoms. The third-order valence-electron chi connectivity index (χ3n) is 2.91. The molecule has 1 heterocycles. The van der Waals surface area contributed by atoms with Crippen molar-refractivity contribution in [2.75, 3.05) is 5.73 Å². The zero-order chi connectivity index (χ0) is 11.6. The minimum absolute atomic E-state index is 0.430. The van der Waals surface area contributed by atoms with Gasteiger partial charge in [-0.25, -0.2) is 4.98 Å². The summed E-state index contributed by atoms with van der Waals surface area (Å²) in [5, 5.41) is 0. The number of rotatable bonds is 4. The van der Waals surface area contributed by atoms with Crippen LogP contribution >= 0.6 is 0 Å². The normalized spacial score (nSPS) is 13.5. The Morgan fingerprint density at radius 3 is 2.33 bits per heavy atom. The van der Waals surface area contributed by atoms with E-state index in [1.165, 1.54) is 6.42 Å². The molecule has 1 aromatic heterocycles. The van der Waals surface area contributed by atoms with E-state index in [9.17, 15) is 0 Å². The molecule has 3 heteroatoms. The van der Waals surface area contributed by atoms with Gasteiger partial charge in [-0.3, -0.25) is 0 Å². The van der Waals surface area contributed by atoms with Crippen molar-refractivity contribution >= 4 is 5.82 Å². The zero-order valence-corrected chi connectivity index (χ0v) is 10.5. The van der Waals surface area contributed by atoms with Crippen LogP contribution in [0.2, 0.25) is 0 Å². The molecule has 0 bridgehead atoms. The van der Waals surface area contributed by atoms with Crippen molar-refractivity contribution in [3.05, 3.63) is 11.5 Å². The molecule has 0 spiro atoms. The second-order valence-corrected chi connectivity index (χ2v) is 4.64. The van der Waals surface area contributed by atoms with Gasteiger partial charge in [-0.05, 0) is 6.42 Å². The molecular formula is C12H23N3. The van der Waals surface area contributed by atoms with Crippen molar-refractivity contribution in [2.24, 2.45) is 7.05 Å². The van der Waals surface area contributed by atoms with Crippen LogP contribution in [0.25, 0.3) is 0 Å². The highest BCUT2D eigenvalue weighted by molar-refractivity contribution is 5.40. The topological polar surface area (TPSA) is 43.8 Å². The lowest BCUT2D eigenvalue weighted by Crippen LogP contribution is -2.03. The summed E-state index contributed by atoms with van der Waals surface area (Å²) < 4.78 is 2.02. The van der Waals surface area contributed by atoms with Gasteiger partial charge in [0.2, 0.25) is 0 Å². The summed E-state index contributed by atoms with van der Waals surface area (Å²) in [5.74, 6) is 2.82. The Bertz CT molecular complexity index is 326. The minimum atomic E-state index is 0.430. The van der Waals surface area contributed by atoms with Crippen LogP contribution in [0.1, 0.15) is 63.9 Å². The lowest BCUT2D eigenvalue weighted by atomic mass is 10.0. The Morgan fingerprint density at radius 2 is 1.93 bits per heavy atom. The van der Waals surface area contributed by atoms with Crippen molar-refractivity contribution < 1.29 is 0 Å². The molecule has 1 rings (SSSR count). The first kappa shape index (κ1) is 12.1. The van der Waals surface area contributed by atoms with Crippen LogP contribution in [-0.4, -0.2) is 9.55 Å². The van der Waals surface area contributed by atoms with E-state index >= 15 is 0 Å². The van der Waals surface area contributed by atoms with Gasteiger partial charge in [0.15, 0.2) is 0 Å². The lowest BCUT2D eigenvalue weighted by Gasteiger charge is -2.07. The maximum atomic E-state index is 6.07. The van der Waals surface area contributed by atoms with Crippen LogP contribution in [0.3, 0.4) is 0 Å². The number of nitrogen functional groups attached to an aromatic ring is 1. The quantitative estimate of drug-likeness (QED) is 0.828. The minimum Gasteiger partial charge on any atom is -0.384 e. The Morgan fingerprint density at radius 1 is 1.33 bits per heavy atom. The highest BCUT2D eigenvalue weighted by Crippen LogP contribution is 2.28. The number of aromatic nitrogens is 2. The molecule has 0 aromatic carbocycles. The summed E-state index contributed by atoms with van der Waals surface area (Å²) in [4.78, 5) is 4.67. The van der Waals surface area contributed by atoms with Crippen molar-refractivity contribution in [2.45, 2.75) is 52.4 Å². The van der Waals surface area contributed by atoms with E-state index in [0.717, 1.165) is 23.8 Å². The van der Waals surface area contributed by atoms with Crippen LogP contribution in [-0.2, 0) is 7.05 Å². The third-order valence-corrected chi connectivity index (χ3v) is 2.91. The molecule has 2 N–H and O–H groups in total. The van der Waals surface area contributed by atoms with Crippen LogP contribution in [0.15, 0.2) is 0 Å². The van der Waals surface area contributed by atoms with E-state index < -0.39 is 0 Å². The molecule has 1 aromatic rings. The Hall–Kier alpha value is -0.990. The molecule has 0 saturated carbocycles. The van der Waals surface area contributed by atoms with Crippen LogP contribution < -0.4 is 5.73 Å². The average molecular weight is 209 g/mol. The van der Waals surface area contributed by atoms with Gasteiger partial charge < -0.3 is 10.3 Å². The number of hydrogen-bond acceptors (Lipinski definition) is 2. The summed E-state index contributed by atoms with van der Waals surface area (Å²) in [7, 11) is 2.00. The maximum absolute atomic E-state index is 6.07. The van der Waals surface area contributed by atoms with Gasteiger partial charge in [-0.15, -0.1) is 0 Å². The molecule has 0 aliphatic rings. The first-order valence-corrected chi connectivity index (χ1v) is 5.81. The monoisotopic (exact) mass is 209 g/mol. The Labute approximate surface area is 92.7 Å². The molecule has 0 saturated heterocycles. The molecule has 1 atom stereocenters. The van der Waals surface area contributed by atoms with E-state index in [-0.39, 0.29) is 0 Å². The smallest absolute Gasteiger partial charge is 0.126 e. The average Bonchev–Trinajstić information content (AvgIpc) is 2.45. The highest BCUT2D eigenvalue weighted by Gasteiger charge is 2.18. The van der Waals surface area contributed by atoms with E-state index in [1.807, 2.05) is 11.6 Å². The standard InChI is InChI=1S/C12H23N3/c1-6-7-9(4)10-11(13)15(5)12(14-10)8(2)3/h8-9H,6-7,13H2,1-5H3. The molecule has 0 fully saturated rings. The lowest BCUT2D eigenvalue weighted by molar-refractivity contribution is 0.647. The molecule has 86 valence electrons. The fourth-order valence-electron chi connectivity index (χ4n) is 2.00. The van der Waals surface area contributed by atoms with Crippen LogP contribution in [0.5, 0.6) is 0 Å². The molecule has 0 aliphatic heterocycles. The van der Waals surface area contributed by atoms with Crippen LogP contribution in [0, 0.1) is 0 Å². The second-order valence-electron chi connectivity index (χ2n) is 4.64. The van der Waals surface area contributed by atoms with Gasteiger partial charge >= 0.3 is 0 Å². The fourth-order valence-corrected chi connectivity index (χ4v) is 2.00. The van der Waals surface area contributed by atoms with Gasteiger partial charge in [-0.1, -0.05) is 34.1 Å². The molecule has 0 radical (unpaired) electrons. The number of hydrogen-bond donors (Lipinski definition) is 1. The summed E-state index contributed by atoms with van der Waals surface area (Å²) in [6.07, 6.45) is 2.33. The predicted octanol–water partition coefficient (Wildman–Crippen LogP) is 3.03. The molecule has 0 aliphatic carbocycles. The van der Waals surface area contributed by atoms with E-state index in [2.05, 4.69) is 32.7 Å². The first-order valence-electron chi connectivity index (χ1n) is 5.81. The maximum Gasteiger partial charge on any atom is 0.126 e. The van der Waals surface area contributed by atoms with Gasteiger partial charge in [0.05, 0.1) is 5.69 Å². The van der Waals surface area contributed by atoms with Gasteiger partial charge in [-0.2, -0.15) is 0 Å². The summed E-state index contributed by atoms with van der Waals surface area (Å²) in [6.45, 7) is 8.69. The van der Waals surface area contributed by atoms with E-state index in [4.69, 9.17) is 5.73 Å². The second kappa shape index (κ2) is 4.69.